The molecular formula is C11H26N6O2. The summed E-state index contributed by atoms with van der Waals surface area (Å²) in [6.07, 6.45) is -0.145. The van der Waals surface area contributed by atoms with Crippen molar-refractivity contribution in [2.24, 2.45) is 11.5 Å². The molecule has 0 spiro atoms. The molecule has 0 aromatic rings. The highest BCUT2D eigenvalue weighted by atomic mass is 16.2. The van der Waals surface area contributed by atoms with E-state index in [-0.39, 0.29) is 18.2 Å². The zero-order valence-electron chi connectivity index (χ0n) is 11.3. The minimum Gasteiger partial charge on any atom is -0.354 e. The molecule has 19 heavy (non-hydrogen) atoms. The summed E-state index contributed by atoms with van der Waals surface area (Å²) in [5.41, 5.74) is 10.6. The number of carbonyl (C=O) groups excluding carboxylic acids is 2. The number of nitrogens with one attached hydrogen (secondary N) is 4. The van der Waals surface area contributed by atoms with E-state index in [2.05, 4.69) is 21.3 Å². The van der Waals surface area contributed by atoms with E-state index in [1.807, 2.05) is 0 Å². The molecule has 2 amide bonds. The van der Waals surface area contributed by atoms with Crippen LogP contribution >= 0.6 is 0 Å². The van der Waals surface area contributed by atoms with Crippen LogP contribution in [0.4, 0.5) is 0 Å². The summed E-state index contributed by atoms with van der Waals surface area (Å²) in [5.74, 6) is -0.552. The Labute approximate surface area is 114 Å². The van der Waals surface area contributed by atoms with Gasteiger partial charge in [-0.2, -0.15) is 0 Å². The lowest BCUT2D eigenvalue weighted by Gasteiger charge is -2.07. The van der Waals surface area contributed by atoms with Crippen LogP contribution in [0.1, 0.15) is 6.42 Å². The molecule has 0 saturated heterocycles. The molecule has 0 aromatic carbocycles. The van der Waals surface area contributed by atoms with Gasteiger partial charge in [-0.25, -0.2) is 0 Å². The number of rotatable bonds is 12. The summed E-state index contributed by atoms with van der Waals surface area (Å²) in [6, 6.07) is 0. The first kappa shape index (κ1) is 17.8. The molecule has 0 bridgehead atoms. The van der Waals surface area contributed by atoms with Crippen LogP contribution in [0, 0.1) is 0 Å². The summed E-state index contributed by atoms with van der Waals surface area (Å²) < 4.78 is 0. The maximum atomic E-state index is 11.4. The molecule has 0 unspecified atom stereocenters. The largest absolute Gasteiger partial charge is 0.354 e. The number of carbonyl (C=O) groups is 2. The predicted octanol–water partition coefficient (Wildman–Crippen LogP) is -3.29. The van der Waals surface area contributed by atoms with Crippen molar-refractivity contribution < 1.29 is 9.59 Å². The third-order valence-electron chi connectivity index (χ3n) is 2.21. The third kappa shape index (κ3) is 13.0. The van der Waals surface area contributed by atoms with Crippen molar-refractivity contribution in [3.05, 3.63) is 0 Å². The molecule has 0 aromatic heterocycles. The summed E-state index contributed by atoms with van der Waals surface area (Å²) >= 11 is 0. The molecule has 0 atom stereocenters. The normalized spacial score (nSPS) is 10.2. The van der Waals surface area contributed by atoms with E-state index in [0.717, 1.165) is 0 Å². The molecule has 8 nitrogen and oxygen atoms in total. The number of hydrogen-bond acceptors (Lipinski definition) is 6. The molecule has 0 aliphatic heterocycles. The lowest BCUT2D eigenvalue weighted by Crippen LogP contribution is -2.38. The minimum atomic E-state index is -0.276. The van der Waals surface area contributed by atoms with E-state index >= 15 is 0 Å². The van der Waals surface area contributed by atoms with Crippen molar-refractivity contribution in [3.8, 4) is 0 Å². The molecule has 0 saturated carbocycles. The molecule has 8 heteroatoms. The summed E-state index contributed by atoms with van der Waals surface area (Å²) in [7, 11) is 0. The maximum Gasteiger partial charge on any atom is 0.229 e. The number of hydrogen-bond donors (Lipinski definition) is 6. The summed E-state index contributed by atoms with van der Waals surface area (Å²) in [6.45, 7) is 4.83. The lowest BCUT2D eigenvalue weighted by molar-refractivity contribution is -0.129. The van der Waals surface area contributed by atoms with Crippen LogP contribution in [0.2, 0.25) is 0 Å². The quantitative estimate of drug-likeness (QED) is 0.163. The van der Waals surface area contributed by atoms with Gasteiger partial charge in [0.25, 0.3) is 0 Å². The monoisotopic (exact) mass is 274 g/mol. The van der Waals surface area contributed by atoms with Crippen molar-refractivity contribution in [1.29, 1.82) is 0 Å². The van der Waals surface area contributed by atoms with Crippen molar-refractivity contribution in [2.75, 3.05) is 52.4 Å². The van der Waals surface area contributed by atoms with E-state index in [0.29, 0.717) is 52.4 Å². The highest BCUT2D eigenvalue weighted by molar-refractivity contribution is 5.96. The van der Waals surface area contributed by atoms with Crippen LogP contribution in [0.3, 0.4) is 0 Å². The Morgan fingerprint density at radius 3 is 1.47 bits per heavy atom. The maximum absolute atomic E-state index is 11.4. The Balaban J connectivity index is 3.40. The fraction of sp³-hybridized carbons (Fsp3) is 0.818. The first-order valence-electron chi connectivity index (χ1n) is 6.55. The van der Waals surface area contributed by atoms with E-state index in [4.69, 9.17) is 11.5 Å². The van der Waals surface area contributed by atoms with E-state index < -0.39 is 0 Å². The van der Waals surface area contributed by atoms with E-state index in [9.17, 15) is 9.59 Å². The van der Waals surface area contributed by atoms with Crippen molar-refractivity contribution >= 4 is 11.8 Å². The molecule has 112 valence electrons. The predicted molar refractivity (Wildman–Crippen MR) is 74.5 cm³/mol. The molecule has 0 aliphatic carbocycles. The Bertz CT molecular complexity index is 225. The summed E-state index contributed by atoms with van der Waals surface area (Å²) in [4.78, 5) is 22.7. The van der Waals surface area contributed by atoms with Crippen molar-refractivity contribution in [1.82, 2.24) is 21.3 Å². The van der Waals surface area contributed by atoms with Gasteiger partial charge in [-0.15, -0.1) is 0 Å². The van der Waals surface area contributed by atoms with Gasteiger partial charge in [0.2, 0.25) is 11.8 Å². The molecule has 0 heterocycles. The van der Waals surface area contributed by atoms with Gasteiger partial charge in [0.1, 0.15) is 6.42 Å². The van der Waals surface area contributed by atoms with Gasteiger partial charge in [-0.05, 0) is 0 Å². The van der Waals surface area contributed by atoms with E-state index in [1.54, 1.807) is 0 Å². The van der Waals surface area contributed by atoms with Crippen LogP contribution in [0.25, 0.3) is 0 Å². The van der Waals surface area contributed by atoms with Gasteiger partial charge in [-0.3, -0.25) is 9.59 Å². The molecule has 0 rings (SSSR count). The summed E-state index contributed by atoms with van der Waals surface area (Å²) in [5, 5.41) is 11.4. The number of amides is 2. The zero-order chi connectivity index (χ0) is 14.3. The van der Waals surface area contributed by atoms with Gasteiger partial charge >= 0.3 is 0 Å². The molecular weight excluding hydrogens is 248 g/mol. The Kier molecular flexibility index (Phi) is 12.4. The average molecular weight is 274 g/mol. The highest BCUT2D eigenvalue weighted by Crippen LogP contribution is 1.79. The molecule has 0 radical (unpaired) electrons. The second kappa shape index (κ2) is 13.2. The smallest absolute Gasteiger partial charge is 0.229 e. The zero-order valence-corrected chi connectivity index (χ0v) is 11.3. The SMILES string of the molecule is NCCNCCNC(=O)CC(=O)NCCNCCN. The fourth-order valence-corrected chi connectivity index (χ4v) is 1.31. The van der Waals surface area contributed by atoms with Gasteiger partial charge < -0.3 is 32.7 Å². The van der Waals surface area contributed by atoms with Crippen molar-refractivity contribution in [2.45, 2.75) is 6.42 Å². The van der Waals surface area contributed by atoms with Gasteiger partial charge in [0, 0.05) is 52.4 Å². The topological polar surface area (TPSA) is 134 Å². The second-order valence-corrected chi connectivity index (χ2v) is 3.95. The van der Waals surface area contributed by atoms with Gasteiger partial charge in [0.15, 0.2) is 0 Å². The molecule has 0 fully saturated rings. The first-order chi connectivity index (χ1) is 9.20. The van der Waals surface area contributed by atoms with Crippen LogP contribution in [0.5, 0.6) is 0 Å². The molecule has 8 N–H and O–H groups in total. The first-order valence-corrected chi connectivity index (χ1v) is 6.55. The molecule has 0 aliphatic rings. The minimum absolute atomic E-state index is 0.145. The Morgan fingerprint density at radius 2 is 1.11 bits per heavy atom. The lowest BCUT2D eigenvalue weighted by atomic mass is 10.3. The fourth-order valence-electron chi connectivity index (χ4n) is 1.31. The third-order valence-corrected chi connectivity index (χ3v) is 2.21. The average Bonchev–Trinajstić information content (AvgIpc) is 2.38. The van der Waals surface area contributed by atoms with Crippen LogP contribution in [0.15, 0.2) is 0 Å². The Morgan fingerprint density at radius 1 is 0.684 bits per heavy atom. The van der Waals surface area contributed by atoms with E-state index in [1.165, 1.54) is 0 Å². The highest BCUT2D eigenvalue weighted by Gasteiger charge is 2.07. The standard InChI is InChI=1S/C11H26N6O2/c12-1-3-14-5-7-16-10(18)9-11(19)17-8-6-15-4-2-13/h14-15H,1-9,12-13H2,(H,16,18)(H,17,19). The second-order valence-electron chi connectivity index (χ2n) is 3.95. The van der Waals surface area contributed by atoms with Crippen LogP contribution in [-0.4, -0.2) is 64.2 Å². The van der Waals surface area contributed by atoms with Crippen molar-refractivity contribution in [3.63, 3.8) is 0 Å². The Hall–Kier alpha value is -1.22. The number of nitrogens with two attached hydrogens (primary N) is 2. The van der Waals surface area contributed by atoms with Gasteiger partial charge in [0.05, 0.1) is 0 Å². The van der Waals surface area contributed by atoms with Crippen LogP contribution < -0.4 is 32.7 Å². The van der Waals surface area contributed by atoms with Crippen LogP contribution in [-0.2, 0) is 9.59 Å². The van der Waals surface area contributed by atoms with Gasteiger partial charge in [-0.1, -0.05) is 0 Å².